The van der Waals surface area contributed by atoms with Crippen LogP contribution in [0.4, 0.5) is 0 Å². The van der Waals surface area contributed by atoms with E-state index >= 15 is 0 Å². The van der Waals surface area contributed by atoms with Gasteiger partial charge in [0.15, 0.2) is 5.69 Å². The molecule has 0 unspecified atom stereocenters. The van der Waals surface area contributed by atoms with Gasteiger partial charge in [-0.15, -0.1) is 0 Å². The summed E-state index contributed by atoms with van der Waals surface area (Å²) in [5, 5.41) is 0. The van der Waals surface area contributed by atoms with E-state index in [1.807, 2.05) is 36.6 Å². The summed E-state index contributed by atoms with van der Waals surface area (Å²) < 4.78 is 7.92. The summed E-state index contributed by atoms with van der Waals surface area (Å²) in [6, 6.07) is 3.81. The molecule has 5 heteroatoms. The van der Waals surface area contributed by atoms with Crippen molar-refractivity contribution in [1.29, 1.82) is 0 Å². The third-order valence-corrected chi connectivity index (χ3v) is 3.13. The summed E-state index contributed by atoms with van der Waals surface area (Å²) in [4.78, 5) is 16.3. The van der Waals surface area contributed by atoms with Crippen LogP contribution in [0.3, 0.4) is 0 Å². The van der Waals surface area contributed by atoms with Gasteiger partial charge in [-0.1, -0.05) is 29.8 Å². The maximum Gasteiger partial charge on any atom is 0.358 e. The molecule has 0 aliphatic rings. The summed E-state index contributed by atoms with van der Waals surface area (Å²) in [5.41, 5.74) is 2.04. The van der Waals surface area contributed by atoms with Crippen molar-refractivity contribution in [2.24, 2.45) is 0 Å². The normalized spacial score (nSPS) is 11.2. The van der Waals surface area contributed by atoms with Crippen LogP contribution in [0.5, 0.6) is 0 Å². The molecular weight excluding hydrogens is 296 g/mol. The number of fused-ring (bicyclic) bond motifs is 1. The van der Waals surface area contributed by atoms with E-state index in [4.69, 9.17) is 4.74 Å². The number of hydrogen-bond donors (Lipinski definition) is 0. The van der Waals surface area contributed by atoms with Gasteiger partial charge in [-0.2, -0.15) is 0 Å². The molecule has 0 aliphatic carbocycles. The second-order valence-corrected chi connectivity index (χ2v) is 5.21. The van der Waals surface area contributed by atoms with Gasteiger partial charge in [-0.3, -0.25) is 0 Å². The van der Waals surface area contributed by atoms with Crippen molar-refractivity contribution >= 4 is 27.5 Å². The molecule has 0 saturated carbocycles. The molecule has 0 radical (unpaired) electrons. The number of carbonyl (C=O) groups is 1. The number of pyridine rings is 1. The van der Waals surface area contributed by atoms with Gasteiger partial charge in [0, 0.05) is 10.7 Å². The highest BCUT2D eigenvalue weighted by molar-refractivity contribution is 9.10. The van der Waals surface area contributed by atoms with Gasteiger partial charge in [-0.25, -0.2) is 9.78 Å². The predicted molar refractivity (Wildman–Crippen MR) is 72.9 cm³/mol. The average molecular weight is 311 g/mol. The lowest BCUT2D eigenvalue weighted by Crippen LogP contribution is -2.09. The lowest BCUT2D eigenvalue weighted by Gasteiger charge is -2.07. The lowest BCUT2D eigenvalue weighted by molar-refractivity contribution is 0.0518. The quantitative estimate of drug-likeness (QED) is 0.816. The Kier molecular flexibility index (Phi) is 3.71. The monoisotopic (exact) mass is 310 g/mol. The fourth-order valence-electron chi connectivity index (χ4n) is 1.94. The largest absolute Gasteiger partial charge is 0.461 e. The van der Waals surface area contributed by atoms with Crippen molar-refractivity contribution in [3.63, 3.8) is 0 Å². The topological polar surface area (TPSA) is 43.6 Å². The Hall–Kier alpha value is -1.36. The third-order valence-electron chi connectivity index (χ3n) is 2.64. The van der Waals surface area contributed by atoms with E-state index in [1.54, 1.807) is 6.92 Å². The van der Waals surface area contributed by atoms with Crippen LogP contribution in [0.1, 0.15) is 42.9 Å². The molecule has 96 valence electrons. The summed E-state index contributed by atoms with van der Waals surface area (Å²) in [6.07, 6.45) is 1.91. The minimum atomic E-state index is -0.360. The zero-order chi connectivity index (χ0) is 13.3. The van der Waals surface area contributed by atoms with Crippen molar-refractivity contribution in [2.75, 3.05) is 6.61 Å². The molecule has 2 heterocycles. The second kappa shape index (κ2) is 5.10. The number of ether oxygens (including phenoxy) is 1. The van der Waals surface area contributed by atoms with E-state index < -0.39 is 0 Å². The van der Waals surface area contributed by atoms with Crippen LogP contribution < -0.4 is 0 Å². The van der Waals surface area contributed by atoms with E-state index in [0.717, 1.165) is 15.8 Å². The first kappa shape index (κ1) is 13.1. The molecule has 0 saturated heterocycles. The summed E-state index contributed by atoms with van der Waals surface area (Å²) in [6.45, 7) is 6.22. The molecule has 0 N–H and O–H groups in total. The van der Waals surface area contributed by atoms with E-state index in [2.05, 4.69) is 20.9 Å². The zero-order valence-corrected chi connectivity index (χ0v) is 12.2. The minimum Gasteiger partial charge on any atom is -0.461 e. The Morgan fingerprint density at radius 2 is 2.28 bits per heavy atom. The lowest BCUT2D eigenvalue weighted by atomic mass is 10.1. The molecule has 2 rings (SSSR count). The number of rotatable bonds is 3. The van der Waals surface area contributed by atoms with E-state index in [-0.39, 0.29) is 11.9 Å². The average Bonchev–Trinajstić information content (AvgIpc) is 2.67. The zero-order valence-electron chi connectivity index (χ0n) is 10.6. The molecule has 4 nitrogen and oxygen atoms in total. The van der Waals surface area contributed by atoms with Crippen molar-refractivity contribution in [1.82, 2.24) is 9.38 Å². The molecule has 0 aromatic carbocycles. The van der Waals surface area contributed by atoms with Crippen molar-refractivity contribution < 1.29 is 9.53 Å². The highest BCUT2D eigenvalue weighted by Gasteiger charge is 2.21. The number of aromatic nitrogens is 2. The van der Waals surface area contributed by atoms with Gasteiger partial charge in [0.25, 0.3) is 0 Å². The standard InChI is InChI=1S/C13H15BrN2O2/c1-4-18-13(17)11-12(8(2)3)16-6-5-9(14)7-10(16)15-11/h5-8H,4H2,1-3H3. The van der Waals surface area contributed by atoms with Crippen LogP contribution in [0.25, 0.3) is 5.65 Å². The van der Waals surface area contributed by atoms with Gasteiger partial charge in [0.1, 0.15) is 5.65 Å². The molecule has 0 aliphatic heterocycles. The molecular formula is C13H15BrN2O2. The van der Waals surface area contributed by atoms with Gasteiger partial charge in [0.2, 0.25) is 0 Å². The highest BCUT2D eigenvalue weighted by atomic mass is 79.9. The van der Waals surface area contributed by atoms with Gasteiger partial charge in [0.05, 0.1) is 12.3 Å². The maximum atomic E-state index is 11.9. The third kappa shape index (κ3) is 2.27. The second-order valence-electron chi connectivity index (χ2n) is 4.29. The van der Waals surface area contributed by atoms with Gasteiger partial charge < -0.3 is 9.14 Å². The first-order chi connectivity index (χ1) is 8.54. The molecule has 18 heavy (non-hydrogen) atoms. The fourth-order valence-corrected chi connectivity index (χ4v) is 2.26. The minimum absolute atomic E-state index is 0.195. The van der Waals surface area contributed by atoms with E-state index in [1.165, 1.54) is 0 Å². The Bertz CT molecular complexity index is 590. The SMILES string of the molecule is CCOC(=O)c1nc2cc(Br)ccn2c1C(C)C. The van der Waals surface area contributed by atoms with Crippen LogP contribution in [0, 0.1) is 0 Å². The Balaban J connectivity index is 2.64. The molecule has 0 atom stereocenters. The highest BCUT2D eigenvalue weighted by Crippen LogP contribution is 2.24. The van der Waals surface area contributed by atoms with Crippen molar-refractivity contribution in [2.45, 2.75) is 26.7 Å². The fraction of sp³-hybridized carbons (Fsp3) is 0.385. The number of hydrogen-bond acceptors (Lipinski definition) is 3. The van der Waals surface area contributed by atoms with Crippen molar-refractivity contribution in [3.8, 4) is 0 Å². The number of carbonyl (C=O) groups excluding carboxylic acids is 1. The Labute approximate surface area is 114 Å². The van der Waals surface area contributed by atoms with Crippen LogP contribution in [-0.2, 0) is 4.74 Å². The molecule has 0 bridgehead atoms. The number of halogens is 1. The van der Waals surface area contributed by atoms with Gasteiger partial charge in [-0.05, 0) is 25.0 Å². The summed E-state index contributed by atoms with van der Waals surface area (Å²) >= 11 is 3.40. The van der Waals surface area contributed by atoms with Crippen LogP contribution in [0.15, 0.2) is 22.8 Å². The van der Waals surface area contributed by atoms with E-state index in [0.29, 0.717) is 12.3 Å². The molecule has 2 aromatic heterocycles. The Morgan fingerprint density at radius 1 is 1.56 bits per heavy atom. The molecule has 0 fully saturated rings. The first-order valence-electron chi connectivity index (χ1n) is 5.89. The van der Waals surface area contributed by atoms with Crippen LogP contribution in [0.2, 0.25) is 0 Å². The predicted octanol–water partition coefficient (Wildman–Crippen LogP) is 3.40. The number of nitrogens with zero attached hydrogens (tertiary/aromatic N) is 2. The molecule has 2 aromatic rings. The molecule has 0 spiro atoms. The first-order valence-corrected chi connectivity index (χ1v) is 6.68. The van der Waals surface area contributed by atoms with Gasteiger partial charge >= 0.3 is 5.97 Å². The maximum absolute atomic E-state index is 11.9. The smallest absolute Gasteiger partial charge is 0.358 e. The Morgan fingerprint density at radius 3 is 2.89 bits per heavy atom. The number of imidazole rings is 1. The molecule has 0 amide bonds. The summed E-state index contributed by atoms with van der Waals surface area (Å²) in [5.74, 6) is -0.165. The van der Waals surface area contributed by atoms with Crippen LogP contribution >= 0.6 is 15.9 Å². The van der Waals surface area contributed by atoms with Crippen LogP contribution in [-0.4, -0.2) is 22.0 Å². The summed E-state index contributed by atoms with van der Waals surface area (Å²) in [7, 11) is 0. The number of esters is 1. The van der Waals surface area contributed by atoms with E-state index in [9.17, 15) is 4.79 Å². The van der Waals surface area contributed by atoms with Crippen molar-refractivity contribution in [3.05, 3.63) is 34.2 Å².